The van der Waals surface area contributed by atoms with Gasteiger partial charge in [-0.25, -0.2) is 4.39 Å². The molecular formula is C14H11FN2O4. The summed E-state index contributed by atoms with van der Waals surface area (Å²) >= 11 is 0. The van der Waals surface area contributed by atoms with Crippen molar-refractivity contribution in [2.24, 2.45) is 0 Å². The smallest absolute Gasteiger partial charge is 0.271 e. The number of non-ortho nitro benzene ring substituents is 1. The molecule has 108 valence electrons. The molecule has 0 atom stereocenters. The number of rotatable bonds is 5. The predicted molar refractivity (Wildman–Crippen MR) is 73.6 cm³/mol. The first kappa shape index (κ1) is 14.4. The monoisotopic (exact) mass is 290 g/mol. The van der Waals surface area contributed by atoms with E-state index in [1.165, 1.54) is 0 Å². The van der Waals surface area contributed by atoms with E-state index in [4.69, 9.17) is 4.74 Å². The van der Waals surface area contributed by atoms with E-state index in [9.17, 15) is 19.3 Å². The zero-order chi connectivity index (χ0) is 15.2. The highest BCUT2D eigenvalue weighted by Crippen LogP contribution is 2.21. The van der Waals surface area contributed by atoms with Gasteiger partial charge in [0.05, 0.1) is 10.6 Å². The first-order chi connectivity index (χ1) is 10.1. The van der Waals surface area contributed by atoms with Gasteiger partial charge in [-0.15, -0.1) is 0 Å². The van der Waals surface area contributed by atoms with Crippen LogP contribution >= 0.6 is 0 Å². The van der Waals surface area contributed by atoms with Crippen LogP contribution in [0.5, 0.6) is 5.75 Å². The van der Waals surface area contributed by atoms with Crippen LogP contribution in [0.15, 0.2) is 48.5 Å². The molecule has 6 nitrogen and oxygen atoms in total. The molecule has 0 bridgehead atoms. The summed E-state index contributed by atoms with van der Waals surface area (Å²) in [5.41, 5.74) is -0.568. The maximum absolute atomic E-state index is 13.5. The lowest BCUT2D eigenvalue weighted by Crippen LogP contribution is -2.20. The lowest BCUT2D eigenvalue weighted by atomic mass is 10.2. The van der Waals surface area contributed by atoms with Crippen LogP contribution in [0.2, 0.25) is 0 Å². The van der Waals surface area contributed by atoms with Crippen LogP contribution in [0, 0.1) is 15.9 Å². The molecule has 0 saturated heterocycles. The molecule has 0 spiro atoms. The van der Waals surface area contributed by atoms with Crippen molar-refractivity contribution in [1.29, 1.82) is 0 Å². The number of amides is 1. The minimum atomic E-state index is -0.756. The Bertz CT molecular complexity index is 661. The van der Waals surface area contributed by atoms with Gasteiger partial charge < -0.3 is 10.1 Å². The average molecular weight is 290 g/mol. The molecule has 1 N–H and O–H groups in total. The van der Waals surface area contributed by atoms with Crippen molar-refractivity contribution in [2.75, 3.05) is 11.9 Å². The summed E-state index contributed by atoms with van der Waals surface area (Å²) in [7, 11) is 0. The highest BCUT2D eigenvalue weighted by atomic mass is 19.1. The molecule has 0 fully saturated rings. The Morgan fingerprint density at radius 1 is 1.24 bits per heavy atom. The van der Waals surface area contributed by atoms with Crippen molar-refractivity contribution >= 4 is 17.3 Å². The van der Waals surface area contributed by atoms with E-state index in [0.717, 1.165) is 18.2 Å². The van der Waals surface area contributed by atoms with E-state index < -0.39 is 16.6 Å². The molecule has 2 aromatic rings. The second-order valence-corrected chi connectivity index (χ2v) is 4.07. The highest BCUT2D eigenvalue weighted by Gasteiger charge is 2.13. The van der Waals surface area contributed by atoms with E-state index in [1.807, 2.05) is 0 Å². The van der Waals surface area contributed by atoms with Crippen LogP contribution < -0.4 is 10.1 Å². The number of anilines is 1. The van der Waals surface area contributed by atoms with Gasteiger partial charge in [-0.2, -0.15) is 0 Å². The number of carbonyl (C=O) groups is 1. The Kier molecular flexibility index (Phi) is 4.45. The molecular weight excluding hydrogens is 279 g/mol. The third-order valence-corrected chi connectivity index (χ3v) is 2.55. The molecule has 0 aliphatic heterocycles. The fraction of sp³-hybridized carbons (Fsp3) is 0.0714. The summed E-state index contributed by atoms with van der Waals surface area (Å²) in [5.74, 6) is -0.876. The summed E-state index contributed by atoms with van der Waals surface area (Å²) < 4.78 is 18.7. The van der Waals surface area contributed by atoms with Crippen molar-refractivity contribution in [3.05, 3.63) is 64.5 Å². The van der Waals surface area contributed by atoms with Gasteiger partial charge in [-0.05, 0) is 18.2 Å². The number of benzene rings is 2. The van der Waals surface area contributed by atoms with Gasteiger partial charge in [0, 0.05) is 12.1 Å². The summed E-state index contributed by atoms with van der Waals surface area (Å²) in [6, 6.07) is 11.5. The molecule has 0 heterocycles. The zero-order valence-electron chi connectivity index (χ0n) is 10.8. The third-order valence-electron chi connectivity index (χ3n) is 2.55. The topological polar surface area (TPSA) is 81.5 Å². The van der Waals surface area contributed by atoms with E-state index in [2.05, 4.69) is 5.32 Å². The van der Waals surface area contributed by atoms with Crippen molar-refractivity contribution in [2.45, 2.75) is 0 Å². The fourth-order valence-electron chi connectivity index (χ4n) is 1.57. The molecule has 0 radical (unpaired) electrons. The molecule has 0 aromatic heterocycles. The van der Waals surface area contributed by atoms with Gasteiger partial charge in [-0.1, -0.05) is 18.2 Å². The average Bonchev–Trinajstić information content (AvgIpc) is 2.48. The Morgan fingerprint density at radius 2 is 1.95 bits per heavy atom. The summed E-state index contributed by atoms with van der Waals surface area (Å²) in [6.07, 6.45) is 0. The van der Waals surface area contributed by atoms with Crippen molar-refractivity contribution < 1.29 is 18.8 Å². The third kappa shape index (κ3) is 4.00. The molecule has 1 amide bonds. The molecule has 0 aliphatic carbocycles. The van der Waals surface area contributed by atoms with Crippen molar-refractivity contribution in [3.63, 3.8) is 0 Å². The van der Waals surface area contributed by atoms with E-state index in [1.54, 1.807) is 30.3 Å². The minimum absolute atomic E-state index is 0.258. The van der Waals surface area contributed by atoms with Crippen LogP contribution in [0.1, 0.15) is 0 Å². The van der Waals surface area contributed by atoms with E-state index >= 15 is 0 Å². The number of nitro benzene ring substituents is 1. The van der Waals surface area contributed by atoms with Crippen LogP contribution in [-0.2, 0) is 4.79 Å². The number of ether oxygens (including phenoxy) is 1. The van der Waals surface area contributed by atoms with Gasteiger partial charge in [-0.3, -0.25) is 14.9 Å². The normalized spacial score (nSPS) is 9.95. The molecule has 21 heavy (non-hydrogen) atoms. The summed E-state index contributed by atoms with van der Waals surface area (Å²) in [5, 5.41) is 12.8. The SMILES string of the molecule is O=C(COc1ccccc1)Nc1cc([N+](=O)[O-])ccc1F. The van der Waals surface area contributed by atoms with Crippen LogP contribution in [0.4, 0.5) is 15.8 Å². The van der Waals surface area contributed by atoms with Crippen molar-refractivity contribution in [1.82, 2.24) is 0 Å². The molecule has 0 unspecified atom stereocenters. The Balaban J connectivity index is 1.99. The van der Waals surface area contributed by atoms with Crippen LogP contribution in [-0.4, -0.2) is 17.4 Å². The standard InChI is InChI=1S/C14H11FN2O4/c15-12-7-6-10(17(19)20)8-13(12)16-14(18)9-21-11-4-2-1-3-5-11/h1-8H,9H2,(H,16,18). The lowest BCUT2D eigenvalue weighted by Gasteiger charge is -2.08. The number of halogens is 1. The van der Waals surface area contributed by atoms with Gasteiger partial charge in [0.1, 0.15) is 11.6 Å². The minimum Gasteiger partial charge on any atom is -0.484 e. The van der Waals surface area contributed by atoms with Gasteiger partial charge >= 0.3 is 0 Å². The lowest BCUT2D eigenvalue weighted by molar-refractivity contribution is -0.384. The zero-order valence-corrected chi connectivity index (χ0v) is 10.8. The number of nitro groups is 1. The van der Waals surface area contributed by atoms with Crippen LogP contribution in [0.25, 0.3) is 0 Å². The molecule has 2 aromatic carbocycles. The van der Waals surface area contributed by atoms with E-state index in [-0.39, 0.29) is 18.0 Å². The first-order valence-corrected chi connectivity index (χ1v) is 5.98. The molecule has 0 aliphatic rings. The summed E-state index contributed by atoms with van der Waals surface area (Å²) in [4.78, 5) is 21.6. The largest absolute Gasteiger partial charge is 0.484 e. The fourth-order valence-corrected chi connectivity index (χ4v) is 1.57. The van der Waals surface area contributed by atoms with E-state index in [0.29, 0.717) is 5.75 Å². The van der Waals surface area contributed by atoms with Gasteiger partial charge in [0.15, 0.2) is 6.61 Å². The maximum atomic E-state index is 13.5. The quantitative estimate of drug-likeness (QED) is 0.678. The second-order valence-electron chi connectivity index (χ2n) is 4.07. The Morgan fingerprint density at radius 3 is 2.62 bits per heavy atom. The predicted octanol–water partition coefficient (Wildman–Crippen LogP) is 2.75. The number of nitrogens with one attached hydrogen (secondary N) is 1. The van der Waals surface area contributed by atoms with Gasteiger partial charge in [0.25, 0.3) is 11.6 Å². The number of carbonyl (C=O) groups excluding carboxylic acids is 1. The highest BCUT2D eigenvalue weighted by molar-refractivity contribution is 5.92. The number of hydrogen-bond acceptors (Lipinski definition) is 4. The molecule has 7 heteroatoms. The summed E-state index contributed by atoms with van der Waals surface area (Å²) in [6.45, 7) is -0.327. The number of nitrogens with zero attached hydrogens (tertiary/aromatic N) is 1. The molecule has 2 rings (SSSR count). The van der Waals surface area contributed by atoms with Crippen LogP contribution in [0.3, 0.4) is 0 Å². The Hall–Kier alpha value is -2.96. The first-order valence-electron chi connectivity index (χ1n) is 5.98. The van der Waals surface area contributed by atoms with Crippen molar-refractivity contribution in [3.8, 4) is 5.75 Å². The number of hydrogen-bond donors (Lipinski definition) is 1. The Labute approximate surface area is 119 Å². The maximum Gasteiger partial charge on any atom is 0.271 e. The van der Waals surface area contributed by atoms with Gasteiger partial charge in [0.2, 0.25) is 0 Å². The number of para-hydroxylation sites is 1. The molecule has 0 saturated carbocycles. The second kappa shape index (κ2) is 6.47.